The van der Waals surface area contributed by atoms with Crippen LogP contribution < -0.4 is 5.32 Å². The number of ether oxygens (including phenoxy) is 1. The quantitative estimate of drug-likeness (QED) is 0.798. The number of H-pyrrole nitrogens is 1. The summed E-state index contributed by atoms with van der Waals surface area (Å²) in [6.45, 7) is 6.97. The summed E-state index contributed by atoms with van der Waals surface area (Å²) in [4.78, 5) is 28.4. The molecule has 27 heavy (non-hydrogen) atoms. The van der Waals surface area contributed by atoms with Gasteiger partial charge in [-0.3, -0.25) is 19.6 Å². The van der Waals surface area contributed by atoms with Gasteiger partial charge in [-0.2, -0.15) is 5.10 Å². The van der Waals surface area contributed by atoms with Crippen molar-refractivity contribution in [2.45, 2.75) is 45.3 Å². The van der Waals surface area contributed by atoms with Crippen LogP contribution in [0.4, 0.5) is 0 Å². The zero-order valence-corrected chi connectivity index (χ0v) is 16.7. The van der Waals surface area contributed by atoms with Gasteiger partial charge in [-0.1, -0.05) is 0 Å². The van der Waals surface area contributed by atoms with Crippen LogP contribution in [0.25, 0.3) is 0 Å². The molecule has 1 aromatic heterocycles. The van der Waals surface area contributed by atoms with Crippen LogP contribution in [-0.4, -0.2) is 78.2 Å². The zero-order valence-electron chi connectivity index (χ0n) is 16.7. The Balaban J connectivity index is 1.56. The number of hydrogen-bond acceptors (Lipinski definition) is 5. The second-order valence-corrected chi connectivity index (χ2v) is 7.84. The molecule has 1 aromatic rings. The van der Waals surface area contributed by atoms with Crippen LogP contribution in [0.5, 0.6) is 0 Å². The number of amides is 2. The van der Waals surface area contributed by atoms with Gasteiger partial charge in [-0.15, -0.1) is 0 Å². The maximum atomic E-state index is 13.0. The number of likely N-dealkylation sites (N-methyl/N-ethyl adjacent to an activating group) is 1. The van der Waals surface area contributed by atoms with Crippen molar-refractivity contribution in [3.63, 3.8) is 0 Å². The van der Waals surface area contributed by atoms with E-state index in [1.54, 1.807) is 11.9 Å². The van der Waals surface area contributed by atoms with E-state index < -0.39 is 0 Å². The van der Waals surface area contributed by atoms with E-state index in [1.807, 2.05) is 20.9 Å². The molecule has 8 heteroatoms. The Morgan fingerprint density at radius 2 is 2.04 bits per heavy atom. The molecule has 2 amide bonds. The number of piperidine rings is 1. The molecule has 2 aliphatic heterocycles. The van der Waals surface area contributed by atoms with E-state index in [4.69, 9.17) is 4.74 Å². The lowest BCUT2D eigenvalue weighted by Crippen LogP contribution is -2.43. The smallest absolute Gasteiger partial charge is 0.274 e. The first-order valence-corrected chi connectivity index (χ1v) is 9.80. The van der Waals surface area contributed by atoms with Crippen molar-refractivity contribution in [1.82, 2.24) is 25.3 Å². The fourth-order valence-electron chi connectivity index (χ4n) is 4.11. The molecule has 0 spiro atoms. The van der Waals surface area contributed by atoms with Crippen LogP contribution in [0.1, 0.15) is 54.5 Å². The Morgan fingerprint density at radius 1 is 1.33 bits per heavy atom. The molecule has 0 radical (unpaired) electrons. The van der Waals surface area contributed by atoms with Crippen LogP contribution in [0, 0.1) is 5.92 Å². The number of nitrogens with one attached hydrogen (secondary N) is 2. The molecule has 3 heterocycles. The van der Waals surface area contributed by atoms with Gasteiger partial charge in [-0.05, 0) is 45.7 Å². The standard InChI is InChI=1S/C19H31N5O3/c1-12-9-15-17(13(2)27-12)21-22-18(15)19(26)23(4)10-14-5-7-24(8-6-14)11-16(25)20-3/h12-14H,5-11H2,1-4H3,(H,20,25)(H,21,22)/t12-,13+/m0/s1. The molecule has 3 rings (SSSR count). The highest BCUT2D eigenvalue weighted by Crippen LogP contribution is 2.30. The summed E-state index contributed by atoms with van der Waals surface area (Å²) in [6, 6.07) is 0. The van der Waals surface area contributed by atoms with E-state index in [0.29, 0.717) is 24.6 Å². The first kappa shape index (κ1) is 19.8. The molecule has 150 valence electrons. The van der Waals surface area contributed by atoms with Crippen molar-refractivity contribution in [2.24, 2.45) is 5.92 Å². The van der Waals surface area contributed by atoms with Gasteiger partial charge in [0.05, 0.1) is 24.4 Å². The van der Waals surface area contributed by atoms with E-state index >= 15 is 0 Å². The molecule has 2 N–H and O–H groups in total. The second kappa shape index (κ2) is 8.39. The molecular weight excluding hydrogens is 346 g/mol. The molecule has 0 aliphatic carbocycles. The highest BCUT2D eigenvalue weighted by atomic mass is 16.5. The Bertz CT molecular complexity index is 681. The van der Waals surface area contributed by atoms with Gasteiger partial charge in [0.2, 0.25) is 5.91 Å². The van der Waals surface area contributed by atoms with E-state index in [0.717, 1.165) is 43.7 Å². The normalized spacial score (nSPS) is 23.7. The second-order valence-electron chi connectivity index (χ2n) is 7.84. The Kier molecular flexibility index (Phi) is 6.16. The number of likely N-dealkylation sites (tertiary alicyclic amines) is 1. The number of fused-ring (bicyclic) bond motifs is 1. The minimum atomic E-state index is -0.0623. The predicted molar refractivity (Wildman–Crippen MR) is 101 cm³/mol. The molecule has 8 nitrogen and oxygen atoms in total. The molecule has 1 saturated heterocycles. The largest absolute Gasteiger partial charge is 0.369 e. The highest BCUT2D eigenvalue weighted by Gasteiger charge is 2.31. The Hall–Kier alpha value is -1.93. The van der Waals surface area contributed by atoms with Crippen molar-refractivity contribution < 1.29 is 14.3 Å². The molecule has 0 bridgehead atoms. The fraction of sp³-hybridized carbons (Fsp3) is 0.737. The number of hydrogen-bond donors (Lipinski definition) is 2. The fourth-order valence-corrected chi connectivity index (χ4v) is 4.11. The third-order valence-electron chi connectivity index (χ3n) is 5.67. The summed E-state index contributed by atoms with van der Waals surface area (Å²) in [5.74, 6) is 0.480. The van der Waals surface area contributed by atoms with Crippen LogP contribution in [0.15, 0.2) is 0 Å². The van der Waals surface area contributed by atoms with E-state index in [-0.39, 0.29) is 24.0 Å². The first-order chi connectivity index (χ1) is 12.9. The molecule has 0 aromatic carbocycles. The average molecular weight is 377 g/mol. The number of carbonyl (C=O) groups excluding carboxylic acids is 2. The van der Waals surface area contributed by atoms with Gasteiger partial charge in [0.1, 0.15) is 0 Å². The molecule has 2 aliphatic rings. The number of aromatic amines is 1. The predicted octanol–water partition coefficient (Wildman–Crippen LogP) is 0.962. The van der Waals surface area contributed by atoms with Crippen molar-refractivity contribution in [1.29, 1.82) is 0 Å². The molecule has 0 unspecified atom stereocenters. The van der Waals surface area contributed by atoms with Crippen LogP contribution in [0.2, 0.25) is 0 Å². The monoisotopic (exact) mass is 377 g/mol. The number of aromatic nitrogens is 2. The van der Waals surface area contributed by atoms with E-state index in [1.165, 1.54) is 0 Å². The summed E-state index contributed by atoms with van der Waals surface area (Å²) in [7, 11) is 3.52. The minimum absolute atomic E-state index is 0.0263. The third-order valence-corrected chi connectivity index (χ3v) is 5.67. The van der Waals surface area contributed by atoms with Crippen LogP contribution in [-0.2, 0) is 16.0 Å². The van der Waals surface area contributed by atoms with Crippen LogP contribution in [0.3, 0.4) is 0 Å². The lowest BCUT2D eigenvalue weighted by atomic mass is 9.95. The maximum Gasteiger partial charge on any atom is 0.274 e. The third kappa shape index (κ3) is 4.50. The Morgan fingerprint density at radius 3 is 2.70 bits per heavy atom. The van der Waals surface area contributed by atoms with Gasteiger partial charge >= 0.3 is 0 Å². The molecular formula is C19H31N5O3. The lowest BCUT2D eigenvalue weighted by Gasteiger charge is -2.33. The summed E-state index contributed by atoms with van der Waals surface area (Å²) in [5.41, 5.74) is 2.46. The number of carbonyl (C=O) groups is 2. The number of rotatable bonds is 5. The van der Waals surface area contributed by atoms with E-state index in [2.05, 4.69) is 20.4 Å². The van der Waals surface area contributed by atoms with E-state index in [9.17, 15) is 9.59 Å². The van der Waals surface area contributed by atoms with Gasteiger partial charge in [0.25, 0.3) is 5.91 Å². The van der Waals surface area contributed by atoms with Gasteiger partial charge in [0.15, 0.2) is 5.69 Å². The lowest BCUT2D eigenvalue weighted by molar-refractivity contribution is -0.122. The summed E-state index contributed by atoms with van der Waals surface area (Å²) >= 11 is 0. The van der Waals surface area contributed by atoms with Gasteiger partial charge < -0.3 is 15.0 Å². The molecule has 2 atom stereocenters. The summed E-state index contributed by atoms with van der Waals surface area (Å²) in [5, 5.41) is 9.97. The van der Waals surface area contributed by atoms with Crippen molar-refractivity contribution >= 4 is 11.8 Å². The SMILES string of the molecule is CNC(=O)CN1CCC(CN(C)C(=O)c2n[nH]c3c2C[C@H](C)O[C@@H]3C)CC1. The topological polar surface area (TPSA) is 90.6 Å². The number of nitrogens with zero attached hydrogens (tertiary/aromatic N) is 3. The summed E-state index contributed by atoms with van der Waals surface area (Å²) in [6.07, 6.45) is 2.73. The summed E-state index contributed by atoms with van der Waals surface area (Å²) < 4.78 is 5.80. The molecule has 0 saturated carbocycles. The van der Waals surface area contributed by atoms with Crippen molar-refractivity contribution in [2.75, 3.05) is 40.3 Å². The maximum absolute atomic E-state index is 13.0. The van der Waals surface area contributed by atoms with Crippen molar-refractivity contribution in [3.8, 4) is 0 Å². The average Bonchev–Trinajstić information content (AvgIpc) is 3.06. The Labute approximate surface area is 160 Å². The van der Waals surface area contributed by atoms with Crippen molar-refractivity contribution in [3.05, 3.63) is 17.0 Å². The highest BCUT2D eigenvalue weighted by molar-refractivity contribution is 5.94. The van der Waals surface area contributed by atoms with Gasteiger partial charge in [-0.25, -0.2) is 0 Å². The zero-order chi connectivity index (χ0) is 19.6. The van der Waals surface area contributed by atoms with Crippen LogP contribution >= 0.6 is 0 Å². The van der Waals surface area contributed by atoms with Gasteiger partial charge in [0, 0.05) is 32.6 Å². The molecule has 1 fully saturated rings. The first-order valence-electron chi connectivity index (χ1n) is 9.80. The minimum Gasteiger partial charge on any atom is -0.369 e.